The van der Waals surface area contributed by atoms with E-state index in [0.29, 0.717) is 77.6 Å². The molecule has 0 N–H and O–H groups in total. The van der Waals surface area contributed by atoms with E-state index >= 15 is 0 Å². The molecule has 5 rings (SSSR count). The molecule has 9 heteroatoms. The molecule has 2 aliphatic rings. The summed E-state index contributed by atoms with van der Waals surface area (Å²) >= 11 is 1.31. The Kier molecular flexibility index (Phi) is 5.57. The van der Waals surface area contributed by atoms with Crippen LogP contribution in [0.3, 0.4) is 0 Å². The number of amides is 1. The molecule has 1 saturated heterocycles. The van der Waals surface area contributed by atoms with Crippen LogP contribution in [-0.2, 0) is 0 Å². The predicted octanol–water partition coefficient (Wildman–Crippen LogP) is 3.41. The second-order valence-corrected chi connectivity index (χ2v) is 8.79. The summed E-state index contributed by atoms with van der Waals surface area (Å²) in [7, 11) is 0. The molecule has 32 heavy (non-hydrogen) atoms. The molecule has 0 bridgehead atoms. The highest BCUT2D eigenvalue weighted by Gasteiger charge is 2.31. The summed E-state index contributed by atoms with van der Waals surface area (Å²) in [4.78, 5) is 41.5. The third kappa shape index (κ3) is 3.95. The van der Waals surface area contributed by atoms with Crippen LogP contribution in [0.5, 0.6) is 11.5 Å². The van der Waals surface area contributed by atoms with E-state index < -0.39 is 0 Å². The van der Waals surface area contributed by atoms with Crippen molar-refractivity contribution in [1.82, 2.24) is 19.9 Å². The van der Waals surface area contributed by atoms with E-state index in [9.17, 15) is 9.59 Å². The van der Waals surface area contributed by atoms with Crippen LogP contribution in [0.4, 0.5) is 0 Å². The quantitative estimate of drug-likeness (QED) is 0.562. The van der Waals surface area contributed by atoms with Crippen molar-refractivity contribution in [2.75, 3.05) is 26.3 Å². The molecule has 0 radical (unpaired) electrons. The first-order chi connectivity index (χ1) is 15.6. The van der Waals surface area contributed by atoms with Gasteiger partial charge in [0.1, 0.15) is 18.1 Å². The molecule has 0 aliphatic carbocycles. The van der Waals surface area contributed by atoms with Crippen molar-refractivity contribution in [3.8, 4) is 22.3 Å². The van der Waals surface area contributed by atoms with E-state index in [2.05, 4.69) is 15.0 Å². The molecule has 0 saturated carbocycles. The second-order valence-electron chi connectivity index (χ2n) is 7.80. The van der Waals surface area contributed by atoms with Gasteiger partial charge in [0.05, 0.1) is 5.69 Å². The van der Waals surface area contributed by atoms with Crippen LogP contribution in [-0.4, -0.2) is 57.8 Å². The fourth-order valence-electron chi connectivity index (χ4n) is 4.02. The number of carbonyl (C=O) groups is 2. The smallest absolute Gasteiger partial charge is 0.265 e. The van der Waals surface area contributed by atoms with Crippen LogP contribution in [0, 0.1) is 12.8 Å². The van der Waals surface area contributed by atoms with Crippen molar-refractivity contribution in [1.29, 1.82) is 0 Å². The highest BCUT2D eigenvalue weighted by atomic mass is 32.1. The van der Waals surface area contributed by atoms with Gasteiger partial charge < -0.3 is 14.4 Å². The summed E-state index contributed by atoms with van der Waals surface area (Å²) in [6, 6.07) is 7.09. The van der Waals surface area contributed by atoms with Crippen LogP contribution < -0.4 is 9.47 Å². The van der Waals surface area contributed by atoms with Gasteiger partial charge in [0, 0.05) is 37.0 Å². The van der Waals surface area contributed by atoms with E-state index in [1.165, 1.54) is 11.3 Å². The van der Waals surface area contributed by atoms with Gasteiger partial charge in [-0.1, -0.05) is 0 Å². The highest BCUT2D eigenvalue weighted by Crippen LogP contribution is 2.33. The lowest BCUT2D eigenvalue weighted by atomic mass is 9.88. The van der Waals surface area contributed by atoms with Crippen LogP contribution in [0.1, 0.15) is 38.6 Å². The molecule has 8 nitrogen and oxygen atoms in total. The van der Waals surface area contributed by atoms with Crippen molar-refractivity contribution in [3.05, 3.63) is 52.8 Å². The number of piperidine rings is 1. The zero-order chi connectivity index (χ0) is 22.1. The largest absolute Gasteiger partial charge is 0.486 e. The Morgan fingerprint density at radius 1 is 1.06 bits per heavy atom. The number of rotatable bonds is 4. The maximum absolute atomic E-state index is 13.1. The van der Waals surface area contributed by atoms with E-state index in [0.717, 1.165) is 0 Å². The minimum atomic E-state index is -0.113. The Hall–Kier alpha value is -3.33. The number of benzene rings is 1. The van der Waals surface area contributed by atoms with Gasteiger partial charge in [-0.3, -0.25) is 9.59 Å². The van der Waals surface area contributed by atoms with Gasteiger partial charge in [-0.05, 0) is 44.0 Å². The first kappa shape index (κ1) is 20.6. The van der Waals surface area contributed by atoms with Gasteiger partial charge in [-0.15, -0.1) is 11.3 Å². The first-order valence-electron chi connectivity index (χ1n) is 10.6. The molecule has 0 atom stereocenters. The molecule has 164 valence electrons. The van der Waals surface area contributed by atoms with Gasteiger partial charge in [-0.25, -0.2) is 15.0 Å². The summed E-state index contributed by atoms with van der Waals surface area (Å²) in [5, 5.41) is 0.634. The Morgan fingerprint density at radius 3 is 2.53 bits per heavy atom. The molecule has 0 unspecified atom stereocenters. The van der Waals surface area contributed by atoms with Gasteiger partial charge in [0.15, 0.2) is 28.1 Å². The average Bonchev–Trinajstić information content (AvgIpc) is 3.25. The van der Waals surface area contributed by atoms with Crippen LogP contribution in [0.15, 0.2) is 36.7 Å². The lowest BCUT2D eigenvalue weighted by Gasteiger charge is -2.31. The third-order valence-corrected chi connectivity index (χ3v) is 6.87. The molecular formula is C23H22N4O4S. The SMILES string of the molecule is Cc1nc(-c2ncccn2)sc1C(=O)N1CCC(C(=O)c2ccc3c(c2)OCCO3)CC1. The number of hydrogen-bond acceptors (Lipinski definition) is 8. The molecule has 2 aliphatic heterocycles. The number of likely N-dealkylation sites (tertiary alicyclic amines) is 1. The third-order valence-electron chi connectivity index (χ3n) is 5.73. The van der Waals surface area contributed by atoms with Crippen molar-refractivity contribution in [3.63, 3.8) is 0 Å². The summed E-state index contributed by atoms with van der Waals surface area (Å²) in [6.45, 7) is 3.91. The van der Waals surface area contributed by atoms with Gasteiger partial charge in [0.25, 0.3) is 5.91 Å². The summed E-state index contributed by atoms with van der Waals surface area (Å²) in [6.07, 6.45) is 4.57. The number of fused-ring (bicyclic) bond motifs is 1. The van der Waals surface area contributed by atoms with Crippen LogP contribution >= 0.6 is 11.3 Å². The number of carbonyl (C=O) groups excluding carboxylic acids is 2. The number of ether oxygens (including phenoxy) is 2. The maximum atomic E-state index is 13.1. The van der Waals surface area contributed by atoms with E-state index in [1.54, 1.807) is 36.7 Å². The van der Waals surface area contributed by atoms with E-state index in [4.69, 9.17) is 9.47 Å². The molecule has 2 aromatic heterocycles. The first-order valence-corrected chi connectivity index (χ1v) is 11.4. The zero-order valence-corrected chi connectivity index (χ0v) is 18.4. The molecule has 1 amide bonds. The fourth-order valence-corrected chi connectivity index (χ4v) is 5.00. The van der Waals surface area contributed by atoms with Crippen molar-refractivity contribution < 1.29 is 19.1 Å². The Morgan fingerprint density at radius 2 is 1.78 bits per heavy atom. The standard InChI is InChI=1S/C23H22N4O4S/c1-14-20(32-22(26-14)21-24-7-2-8-25-21)23(29)27-9-5-15(6-10-27)19(28)16-3-4-17-18(13-16)31-12-11-30-17/h2-4,7-8,13,15H,5-6,9-12H2,1H3. The van der Waals surface area contributed by atoms with Gasteiger partial charge >= 0.3 is 0 Å². The monoisotopic (exact) mass is 450 g/mol. The lowest BCUT2D eigenvalue weighted by Crippen LogP contribution is -2.40. The summed E-state index contributed by atoms with van der Waals surface area (Å²) < 4.78 is 11.1. The highest BCUT2D eigenvalue weighted by molar-refractivity contribution is 7.17. The van der Waals surface area contributed by atoms with Gasteiger partial charge in [-0.2, -0.15) is 0 Å². The maximum Gasteiger partial charge on any atom is 0.265 e. The van der Waals surface area contributed by atoms with Gasteiger partial charge in [0.2, 0.25) is 0 Å². The molecule has 0 spiro atoms. The van der Waals surface area contributed by atoms with E-state index in [1.807, 2.05) is 11.8 Å². The number of Topliss-reactive ketones (excluding diaryl/α,β-unsaturated/α-hetero) is 1. The van der Waals surface area contributed by atoms with Crippen molar-refractivity contribution in [2.24, 2.45) is 5.92 Å². The molecule has 3 aromatic rings. The van der Waals surface area contributed by atoms with Crippen LogP contribution in [0.2, 0.25) is 0 Å². The molecule has 4 heterocycles. The summed E-state index contributed by atoms with van der Waals surface area (Å²) in [5.74, 6) is 1.74. The fraction of sp³-hybridized carbons (Fsp3) is 0.348. The topological polar surface area (TPSA) is 94.5 Å². The number of nitrogens with zero attached hydrogens (tertiary/aromatic N) is 4. The van der Waals surface area contributed by atoms with E-state index in [-0.39, 0.29) is 17.6 Å². The van der Waals surface area contributed by atoms with Crippen molar-refractivity contribution in [2.45, 2.75) is 19.8 Å². The Bertz CT molecular complexity index is 1160. The minimum absolute atomic E-state index is 0.0487. The number of aryl methyl sites for hydroxylation is 1. The molecular weight excluding hydrogens is 428 g/mol. The van der Waals surface area contributed by atoms with Crippen LogP contribution in [0.25, 0.3) is 10.8 Å². The second kappa shape index (κ2) is 8.66. The predicted molar refractivity (Wildman–Crippen MR) is 118 cm³/mol. The Labute approximate surface area is 189 Å². The minimum Gasteiger partial charge on any atom is -0.486 e. The average molecular weight is 451 g/mol. The Balaban J connectivity index is 1.24. The number of thiazole rings is 1. The normalized spacial score (nSPS) is 16.1. The summed E-state index contributed by atoms with van der Waals surface area (Å²) in [5.41, 5.74) is 1.31. The molecule has 1 aromatic carbocycles. The zero-order valence-electron chi connectivity index (χ0n) is 17.6. The lowest BCUT2D eigenvalue weighted by molar-refractivity contribution is 0.0653. The number of hydrogen-bond donors (Lipinski definition) is 0. The number of ketones is 1. The molecule has 1 fully saturated rings. The van der Waals surface area contributed by atoms with Crippen molar-refractivity contribution >= 4 is 23.0 Å². The number of aromatic nitrogens is 3.